The first-order valence-corrected chi connectivity index (χ1v) is 8.99. The Labute approximate surface area is 154 Å². The van der Waals surface area contributed by atoms with E-state index in [4.69, 9.17) is 0 Å². The molecule has 0 spiro atoms. The molecule has 0 heterocycles. The molecule has 0 fully saturated rings. The maximum absolute atomic E-state index is 2.29. The average molecular weight is 411 g/mol. The maximum Gasteiger partial charge on any atom is 2.00 e. The maximum atomic E-state index is 2.29. The number of rotatable bonds is 3. The van der Waals surface area contributed by atoms with E-state index in [1.807, 2.05) is 0 Å². The molecule has 3 aromatic rings. The molecular weight excluding hydrogens is 390 g/mol. The molecule has 0 unspecified atom stereocenters. The molecule has 3 rings (SSSR count). The van der Waals surface area contributed by atoms with Crippen molar-refractivity contribution in [1.82, 2.24) is 0 Å². The molecule has 2 heteroatoms. The SMILES string of the molecule is Cc1ccccc1P(c1ccccc1C)c1ccccc1C.[Pd+2]. The molecule has 0 bridgehead atoms. The second-order valence-electron chi connectivity index (χ2n) is 5.69. The summed E-state index contributed by atoms with van der Waals surface area (Å²) in [7, 11) is -0.508. The molecule has 0 amide bonds. The Morgan fingerprint density at radius 1 is 0.478 bits per heavy atom. The van der Waals surface area contributed by atoms with Crippen LogP contribution < -0.4 is 15.9 Å². The second-order valence-corrected chi connectivity index (χ2v) is 7.81. The van der Waals surface area contributed by atoms with Crippen LogP contribution in [-0.2, 0) is 20.4 Å². The van der Waals surface area contributed by atoms with Crippen LogP contribution in [0, 0.1) is 20.8 Å². The van der Waals surface area contributed by atoms with Crippen molar-refractivity contribution in [2.45, 2.75) is 20.8 Å². The van der Waals surface area contributed by atoms with E-state index >= 15 is 0 Å². The van der Waals surface area contributed by atoms with Gasteiger partial charge < -0.3 is 0 Å². The van der Waals surface area contributed by atoms with Crippen molar-refractivity contribution in [3.8, 4) is 0 Å². The Hall–Kier alpha value is -1.25. The van der Waals surface area contributed by atoms with Crippen LogP contribution in [-0.4, -0.2) is 0 Å². The summed E-state index contributed by atoms with van der Waals surface area (Å²) < 4.78 is 0. The third-order valence-electron chi connectivity index (χ3n) is 4.07. The van der Waals surface area contributed by atoms with Gasteiger partial charge in [0, 0.05) is 0 Å². The van der Waals surface area contributed by atoms with E-state index in [-0.39, 0.29) is 20.4 Å². The van der Waals surface area contributed by atoms with Crippen LogP contribution >= 0.6 is 7.92 Å². The van der Waals surface area contributed by atoms with Gasteiger partial charge in [0.1, 0.15) is 0 Å². The Balaban J connectivity index is 0.00000192. The number of hydrogen-bond acceptors (Lipinski definition) is 0. The molecule has 0 radical (unpaired) electrons. The molecule has 23 heavy (non-hydrogen) atoms. The van der Waals surface area contributed by atoms with Crippen LogP contribution in [0.5, 0.6) is 0 Å². The molecule has 0 N–H and O–H groups in total. The van der Waals surface area contributed by atoms with Gasteiger partial charge in [-0.15, -0.1) is 0 Å². The second kappa shape index (κ2) is 8.03. The van der Waals surface area contributed by atoms with Crippen LogP contribution in [0.4, 0.5) is 0 Å². The van der Waals surface area contributed by atoms with E-state index < -0.39 is 7.92 Å². The zero-order chi connectivity index (χ0) is 15.5. The molecule has 0 aliphatic carbocycles. The fraction of sp³-hybridized carbons (Fsp3) is 0.143. The van der Waals surface area contributed by atoms with Gasteiger partial charge in [-0.25, -0.2) is 0 Å². The molecule has 0 aromatic heterocycles. The predicted octanol–water partition coefficient (Wildman–Crippen LogP) is 4.37. The molecule has 3 aromatic carbocycles. The summed E-state index contributed by atoms with van der Waals surface area (Å²) in [5, 5.41) is 4.38. The molecule has 0 atom stereocenters. The minimum atomic E-state index is -0.508. The topological polar surface area (TPSA) is 0 Å². The third-order valence-corrected chi connectivity index (χ3v) is 7.02. The average Bonchev–Trinajstić information content (AvgIpc) is 2.53. The molecule has 0 nitrogen and oxygen atoms in total. The summed E-state index contributed by atoms with van der Waals surface area (Å²) in [6, 6.07) is 26.4. The Bertz CT molecular complexity index is 687. The molecule has 118 valence electrons. The minimum Gasteiger partial charge on any atom is -0.0620 e. The first-order valence-electron chi connectivity index (χ1n) is 7.65. The van der Waals surface area contributed by atoms with Crippen molar-refractivity contribution in [1.29, 1.82) is 0 Å². The summed E-state index contributed by atoms with van der Waals surface area (Å²) in [6.45, 7) is 6.67. The summed E-state index contributed by atoms with van der Waals surface area (Å²) in [4.78, 5) is 0. The first-order chi connectivity index (χ1) is 10.7. The number of hydrogen-bond donors (Lipinski definition) is 0. The zero-order valence-electron chi connectivity index (χ0n) is 13.7. The monoisotopic (exact) mass is 410 g/mol. The van der Waals surface area contributed by atoms with Crippen molar-refractivity contribution in [2.75, 3.05) is 0 Å². The Kier molecular flexibility index (Phi) is 6.32. The Morgan fingerprint density at radius 3 is 1.00 bits per heavy atom. The largest absolute Gasteiger partial charge is 2.00 e. The molecule has 0 saturated carbocycles. The van der Waals surface area contributed by atoms with Gasteiger partial charge in [0.25, 0.3) is 0 Å². The molecule has 0 aliphatic rings. The summed E-state index contributed by atoms with van der Waals surface area (Å²) in [5.41, 5.74) is 4.13. The van der Waals surface area contributed by atoms with Gasteiger partial charge in [0.2, 0.25) is 0 Å². The van der Waals surface area contributed by atoms with Crippen LogP contribution in [0.2, 0.25) is 0 Å². The first kappa shape index (κ1) is 18.1. The quantitative estimate of drug-likeness (QED) is 0.444. The van der Waals surface area contributed by atoms with Gasteiger partial charge in [-0.1, -0.05) is 72.8 Å². The van der Waals surface area contributed by atoms with Crippen LogP contribution in [0.1, 0.15) is 16.7 Å². The third kappa shape index (κ3) is 3.81. The van der Waals surface area contributed by atoms with Crippen LogP contribution in [0.15, 0.2) is 72.8 Å². The molecule has 0 saturated heterocycles. The van der Waals surface area contributed by atoms with Crippen molar-refractivity contribution in [3.05, 3.63) is 89.5 Å². The van der Waals surface area contributed by atoms with Crippen LogP contribution in [0.3, 0.4) is 0 Å². The summed E-state index contributed by atoms with van der Waals surface area (Å²) in [6.07, 6.45) is 0. The van der Waals surface area contributed by atoms with E-state index in [2.05, 4.69) is 93.6 Å². The predicted molar refractivity (Wildman–Crippen MR) is 99.4 cm³/mol. The van der Waals surface area contributed by atoms with E-state index in [1.165, 1.54) is 32.6 Å². The smallest absolute Gasteiger partial charge is 0.0620 e. The van der Waals surface area contributed by atoms with Gasteiger partial charge in [-0.05, 0) is 61.3 Å². The normalized spacial score (nSPS) is 10.4. The van der Waals surface area contributed by atoms with E-state index in [0.717, 1.165) is 0 Å². The molecule has 0 aliphatic heterocycles. The Morgan fingerprint density at radius 2 is 0.739 bits per heavy atom. The zero-order valence-corrected chi connectivity index (χ0v) is 16.1. The van der Waals surface area contributed by atoms with Crippen molar-refractivity contribution < 1.29 is 20.4 Å². The number of benzene rings is 3. The van der Waals surface area contributed by atoms with Crippen molar-refractivity contribution in [2.24, 2.45) is 0 Å². The van der Waals surface area contributed by atoms with Crippen LogP contribution in [0.25, 0.3) is 0 Å². The van der Waals surface area contributed by atoms with Gasteiger partial charge in [-0.2, -0.15) is 0 Å². The molecular formula is C21H21PPd+2. The summed E-state index contributed by atoms with van der Waals surface area (Å²) in [5.74, 6) is 0. The van der Waals surface area contributed by atoms with E-state index in [0.29, 0.717) is 0 Å². The van der Waals surface area contributed by atoms with Gasteiger partial charge in [-0.3, -0.25) is 0 Å². The van der Waals surface area contributed by atoms with Gasteiger partial charge in [0.15, 0.2) is 0 Å². The number of aryl methyl sites for hydroxylation is 3. The fourth-order valence-corrected chi connectivity index (χ4v) is 5.60. The van der Waals surface area contributed by atoms with Crippen molar-refractivity contribution in [3.63, 3.8) is 0 Å². The van der Waals surface area contributed by atoms with Gasteiger partial charge >= 0.3 is 20.4 Å². The summed E-state index contributed by atoms with van der Waals surface area (Å²) >= 11 is 0. The fourth-order valence-electron chi connectivity index (χ4n) is 2.83. The van der Waals surface area contributed by atoms with E-state index in [9.17, 15) is 0 Å². The minimum absolute atomic E-state index is 0. The van der Waals surface area contributed by atoms with E-state index in [1.54, 1.807) is 0 Å². The standard InChI is InChI=1S/C21H21P.Pd/c1-16-10-4-7-13-19(16)22(20-14-8-5-11-17(20)2)21-15-9-6-12-18(21)3;/h4-15H,1-3H3;/q;+2. The van der Waals surface area contributed by atoms with Crippen molar-refractivity contribution >= 4 is 23.8 Å². The van der Waals surface area contributed by atoms with Gasteiger partial charge in [0.05, 0.1) is 0 Å².